The molecule has 1 atom stereocenters. The van der Waals surface area contributed by atoms with Gasteiger partial charge in [-0.2, -0.15) is 0 Å². The Morgan fingerprint density at radius 1 is 1.33 bits per heavy atom. The molecule has 1 N–H and O–H groups in total. The van der Waals surface area contributed by atoms with Gasteiger partial charge in [0.15, 0.2) is 0 Å². The summed E-state index contributed by atoms with van der Waals surface area (Å²) in [4.78, 5) is 18.1. The molecule has 2 aromatic rings. The third kappa shape index (κ3) is 2.82. The maximum atomic E-state index is 12.7. The summed E-state index contributed by atoms with van der Waals surface area (Å²) in [6.07, 6.45) is 6.03. The largest absolute Gasteiger partial charge is 0.361 e. The van der Waals surface area contributed by atoms with Crippen LogP contribution in [-0.4, -0.2) is 28.4 Å². The van der Waals surface area contributed by atoms with E-state index in [0.29, 0.717) is 18.4 Å². The lowest BCUT2D eigenvalue weighted by Crippen LogP contribution is -2.47. The zero-order valence-electron chi connectivity index (χ0n) is 12.9. The summed E-state index contributed by atoms with van der Waals surface area (Å²) in [6, 6.07) is 8.61. The number of hydrogen-bond acceptors (Lipinski definition) is 1. The minimum Gasteiger partial charge on any atom is -0.361 e. The zero-order valence-corrected chi connectivity index (χ0v) is 12.9. The fourth-order valence-electron chi connectivity index (χ4n) is 3.50. The van der Waals surface area contributed by atoms with Gasteiger partial charge in [-0.05, 0) is 36.8 Å². The Labute approximate surface area is 126 Å². The van der Waals surface area contributed by atoms with Gasteiger partial charge in [-0.1, -0.05) is 32.0 Å². The van der Waals surface area contributed by atoms with Crippen molar-refractivity contribution in [3.05, 3.63) is 36.0 Å². The summed E-state index contributed by atoms with van der Waals surface area (Å²) in [5.74, 6) is 0.815. The number of benzene rings is 1. The van der Waals surface area contributed by atoms with Crippen LogP contribution in [-0.2, 0) is 11.2 Å². The smallest absolute Gasteiger partial charge is 0.227 e. The van der Waals surface area contributed by atoms with E-state index in [1.54, 1.807) is 0 Å². The fraction of sp³-hybridized carbons (Fsp3) is 0.500. The van der Waals surface area contributed by atoms with Gasteiger partial charge in [-0.3, -0.25) is 4.79 Å². The van der Waals surface area contributed by atoms with Crippen LogP contribution in [0.4, 0.5) is 0 Å². The van der Waals surface area contributed by atoms with Crippen LogP contribution < -0.4 is 0 Å². The third-order valence-electron chi connectivity index (χ3n) is 4.66. The van der Waals surface area contributed by atoms with Gasteiger partial charge in [0.1, 0.15) is 0 Å². The highest BCUT2D eigenvalue weighted by Gasteiger charge is 2.28. The SMILES string of the molecule is CC(C)C1CCCCN1C(=O)Cc1c[nH]c2ccccc12. The summed E-state index contributed by atoms with van der Waals surface area (Å²) in [5.41, 5.74) is 2.23. The second kappa shape index (κ2) is 5.92. The number of nitrogens with one attached hydrogen (secondary N) is 1. The van der Waals surface area contributed by atoms with Crippen LogP contribution in [0.25, 0.3) is 10.9 Å². The highest BCUT2D eigenvalue weighted by Crippen LogP contribution is 2.25. The summed E-state index contributed by atoms with van der Waals surface area (Å²) in [7, 11) is 0. The normalized spacial score (nSPS) is 19.4. The number of carbonyl (C=O) groups is 1. The molecular formula is C18H24N2O. The van der Waals surface area contributed by atoms with Crippen LogP contribution in [0.15, 0.2) is 30.5 Å². The standard InChI is InChI=1S/C18H24N2O/c1-13(2)17-9-5-6-10-20(17)18(21)11-14-12-19-16-8-4-3-7-15(14)16/h3-4,7-8,12-13,17,19H,5-6,9-11H2,1-2H3. The number of H-pyrrole nitrogens is 1. The molecule has 2 heterocycles. The molecule has 3 nitrogen and oxygen atoms in total. The molecule has 21 heavy (non-hydrogen) atoms. The van der Waals surface area contributed by atoms with Crippen molar-refractivity contribution in [2.45, 2.75) is 45.6 Å². The number of amides is 1. The van der Waals surface area contributed by atoms with Crippen molar-refractivity contribution in [3.8, 4) is 0 Å². The number of fused-ring (bicyclic) bond motifs is 1. The monoisotopic (exact) mass is 284 g/mol. The van der Waals surface area contributed by atoms with E-state index in [1.807, 2.05) is 18.3 Å². The van der Waals surface area contributed by atoms with E-state index in [2.05, 4.69) is 35.9 Å². The Bertz CT molecular complexity index is 629. The van der Waals surface area contributed by atoms with E-state index < -0.39 is 0 Å². The van der Waals surface area contributed by atoms with Crippen molar-refractivity contribution in [2.24, 2.45) is 5.92 Å². The second-order valence-corrected chi connectivity index (χ2v) is 6.43. The zero-order chi connectivity index (χ0) is 14.8. The first-order valence-corrected chi connectivity index (χ1v) is 8.01. The molecule has 1 aromatic carbocycles. The molecule has 1 saturated heterocycles. The molecule has 1 aliphatic heterocycles. The van der Waals surface area contributed by atoms with E-state index in [1.165, 1.54) is 11.8 Å². The van der Waals surface area contributed by atoms with Crippen molar-refractivity contribution >= 4 is 16.8 Å². The number of likely N-dealkylation sites (tertiary alicyclic amines) is 1. The van der Waals surface area contributed by atoms with Gasteiger partial charge < -0.3 is 9.88 Å². The molecule has 3 heteroatoms. The summed E-state index contributed by atoms with van der Waals surface area (Å²) in [5, 5.41) is 1.17. The molecule has 1 aliphatic rings. The van der Waals surface area contributed by atoms with Crippen LogP contribution in [0.1, 0.15) is 38.7 Å². The third-order valence-corrected chi connectivity index (χ3v) is 4.66. The van der Waals surface area contributed by atoms with Gasteiger partial charge in [0.25, 0.3) is 0 Å². The average Bonchev–Trinajstić information content (AvgIpc) is 2.90. The predicted octanol–water partition coefficient (Wildman–Crippen LogP) is 3.75. The number of piperidine rings is 1. The van der Waals surface area contributed by atoms with Crippen LogP contribution in [0.3, 0.4) is 0 Å². The summed E-state index contributed by atoms with van der Waals surface area (Å²) < 4.78 is 0. The van der Waals surface area contributed by atoms with Crippen LogP contribution in [0.5, 0.6) is 0 Å². The number of nitrogens with zero attached hydrogens (tertiary/aromatic N) is 1. The Morgan fingerprint density at radius 3 is 2.95 bits per heavy atom. The Balaban J connectivity index is 1.79. The van der Waals surface area contributed by atoms with Gasteiger partial charge in [0, 0.05) is 29.7 Å². The van der Waals surface area contributed by atoms with E-state index >= 15 is 0 Å². The van der Waals surface area contributed by atoms with Gasteiger partial charge >= 0.3 is 0 Å². The van der Waals surface area contributed by atoms with Crippen molar-refractivity contribution in [3.63, 3.8) is 0 Å². The van der Waals surface area contributed by atoms with E-state index in [4.69, 9.17) is 0 Å². The summed E-state index contributed by atoms with van der Waals surface area (Å²) >= 11 is 0. The Kier molecular flexibility index (Phi) is 4.00. The van der Waals surface area contributed by atoms with Crippen LogP contribution in [0, 0.1) is 5.92 Å². The first-order chi connectivity index (χ1) is 10.2. The summed E-state index contributed by atoms with van der Waals surface area (Å²) in [6.45, 7) is 5.37. The second-order valence-electron chi connectivity index (χ2n) is 6.43. The van der Waals surface area contributed by atoms with Crippen molar-refractivity contribution in [1.82, 2.24) is 9.88 Å². The molecule has 112 valence electrons. The van der Waals surface area contributed by atoms with Gasteiger partial charge in [-0.25, -0.2) is 0 Å². The highest BCUT2D eigenvalue weighted by molar-refractivity contribution is 5.89. The molecule has 1 aromatic heterocycles. The van der Waals surface area contributed by atoms with Crippen LogP contribution in [0.2, 0.25) is 0 Å². The highest BCUT2D eigenvalue weighted by atomic mass is 16.2. The number of hydrogen-bond donors (Lipinski definition) is 1. The minimum absolute atomic E-state index is 0.276. The predicted molar refractivity (Wildman–Crippen MR) is 86.2 cm³/mol. The molecule has 1 fully saturated rings. The lowest BCUT2D eigenvalue weighted by atomic mass is 9.92. The van der Waals surface area contributed by atoms with Crippen LogP contribution >= 0.6 is 0 Å². The molecule has 3 rings (SSSR count). The number of aromatic nitrogens is 1. The van der Waals surface area contributed by atoms with Gasteiger partial charge in [0.2, 0.25) is 5.91 Å². The molecule has 0 aliphatic carbocycles. The fourth-order valence-corrected chi connectivity index (χ4v) is 3.50. The molecule has 1 unspecified atom stereocenters. The van der Waals surface area contributed by atoms with E-state index in [9.17, 15) is 4.79 Å². The topological polar surface area (TPSA) is 36.1 Å². The Hall–Kier alpha value is -1.77. The number of para-hydroxylation sites is 1. The maximum absolute atomic E-state index is 12.7. The molecule has 0 radical (unpaired) electrons. The van der Waals surface area contributed by atoms with Crippen molar-refractivity contribution < 1.29 is 4.79 Å². The van der Waals surface area contributed by atoms with Gasteiger partial charge in [-0.15, -0.1) is 0 Å². The molecule has 0 bridgehead atoms. The molecule has 0 spiro atoms. The van der Waals surface area contributed by atoms with E-state index in [0.717, 1.165) is 30.5 Å². The molecule has 1 amide bonds. The maximum Gasteiger partial charge on any atom is 0.227 e. The molecular weight excluding hydrogens is 260 g/mol. The number of aromatic amines is 1. The van der Waals surface area contributed by atoms with E-state index in [-0.39, 0.29) is 5.91 Å². The van der Waals surface area contributed by atoms with Gasteiger partial charge in [0.05, 0.1) is 6.42 Å². The minimum atomic E-state index is 0.276. The van der Waals surface area contributed by atoms with Crippen molar-refractivity contribution in [2.75, 3.05) is 6.54 Å². The lowest BCUT2D eigenvalue weighted by Gasteiger charge is -2.38. The van der Waals surface area contributed by atoms with Crippen molar-refractivity contribution in [1.29, 1.82) is 0 Å². The number of rotatable bonds is 3. The number of carbonyl (C=O) groups excluding carboxylic acids is 1. The Morgan fingerprint density at radius 2 is 2.14 bits per heavy atom. The first kappa shape index (κ1) is 14.2. The average molecular weight is 284 g/mol. The quantitative estimate of drug-likeness (QED) is 0.915. The first-order valence-electron chi connectivity index (χ1n) is 8.01. The molecule has 0 saturated carbocycles. The lowest BCUT2D eigenvalue weighted by molar-refractivity contribution is -0.135.